The quantitative estimate of drug-likeness (QED) is 0.611. The van der Waals surface area contributed by atoms with Crippen LogP contribution in [0.15, 0.2) is 0 Å². The minimum atomic E-state index is -1.10. The number of hydrogen-bond acceptors (Lipinski definition) is 3. The van der Waals surface area contributed by atoms with Gasteiger partial charge in [0.1, 0.15) is 0 Å². The highest BCUT2D eigenvalue weighted by atomic mass is 16.6. The van der Waals surface area contributed by atoms with Crippen LogP contribution in [0.5, 0.6) is 0 Å². The van der Waals surface area contributed by atoms with E-state index in [2.05, 4.69) is 0 Å². The summed E-state index contributed by atoms with van der Waals surface area (Å²) in [4.78, 5) is 1.86. The molecule has 0 saturated heterocycles. The Balaban J connectivity index is 4.00. The van der Waals surface area contributed by atoms with Crippen LogP contribution in [-0.4, -0.2) is 35.6 Å². The van der Waals surface area contributed by atoms with E-state index >= 15 is 0 Å². The summed E-state index contributed by atoms with van der Waals surface area (Å²) >= 11 is 0. The van der Waals surface area contributed by atoms with E-state index in [9.17, 15) is 5.11 Å². The lowest BCUT2D eigenvalue weighted by atomic mass is 10.4. The van der Waals surface area contributed by atoms with E-state index in [4.69, 9.17) is 4.74 Å². The molecule has 0 aromatic carbocycles. The second-order valence-electron chi connectivity index (χ2n) is 2.54. The summed E-state index contributed by atoms with van der Waals surface area (Å²) in [6, 6.07) is 0. The molecule has 1 unspecified atom stereocenters. The van der Waals surface area contributed by atoms with Crippen molar-refractivity contribution in [3.05, 3.63) is 0 Å². The highest BCUT2D eigenvalue weighted by Gasteiger charge is 2.26. The zero-order chi connectivity index (χ0) is 8.91. The summed E-state index contributed by atoms with van der Waals surface area (Å²) in [5, 5.41) is 9.68. The fraction of sp³-hybridized carbons (Fsp3) is 1.00. The van der Waals surface area contributed by atoms with Gasteiger partial charge in [-0.15, -0.1) is 0 Å². The molecule has 3 heteroatoms. The third-order valence-corrected chi connectivity index (χ3v) is 1.77. The number of hydrogen-bond donors (Lipinski definition) is 1. The first kappa shape index (κ1) is 10.9. The van der Waals surface area contributed by atoms with E-state index in [0.29, 0.717) is 6.61 Å². The van der Waals surface area contributed by atoms with Crippen LogP contribution in [0, 0.1) is 0 Å². The summed E-state index contributed by atoms with van der Waals surface area (Å²) in [7, 11) is 0. The van der Waals surface area contributed by atoms with Gasteiger partial charge in [-0.05, 0) is 6.92 Å². The van der Waals surface area contributed by atoms with E-state index in [1.54, 1.807) is 6.92 Å². The van der Waals surface area contributed by atoms with Gasteiger partial charge in [-0.3, -0.25) is 4.90 Å². The molecule has 1 atom stereocenters. The number of ether oxygens (including phenoxy) is 1. The van der Waals surface area contributed by atoms with Crippen molar-refractivity contribution in [2.75, 3.05) is 19.7 Å². The van der Waals surface area contributed by atoms with E-state index in [-0.39, 0.29) is 0 Å². The van der Waals surface area contributed by atoms with Crippen molar-refractivity contribution in [3.8, 4) is 0 Å². The molecule has 0 aliphatic heterocycles. The maximum atomic E-state index is 9.68. The Morgan fingerprint density at radius 3 is 2.00 bits per heavy atom. The number of rotatable bonds is 5. The maximum absolute atomic E-state index is 9.68. The standard InChI is InChI=1S/C8H19NO2/c1-5-9(6-2)8(4,10)11-7-3/h10H,5-7H2,1-4H3. The van der Waals surface area contributed by atoms with Crippen LogP contribution < -0.4 is 0 Å². The van der Waals surface area contributed by atoms with Crippen molar-refractivity contribution in [1.82, 2.24) is 4.90 Å². The zero-order valence-corrected chi connectivity index (χ0v) is 7.92. The summed E-state index contributed by atoms with van der Waals surface area (Å²) < 4.78 is 5.15. The van der Waals surface area contributed by atoms with Gasteiger partial charge in [-0.25, -0.2) is 0 Å². The Kier molecular flexibility index (Phi) is 4.65. The Morgan fingerprint density at radius 2 is 1.73 bits per heavy atom. The van der Waals surface area contributed by atoms with Crippen LogP contribution in [0.25, 0.3) is 0 Å². The fourth-order valence-electron chi connectivity index (χ4n) is 1.18. The molecule has 0 radical (unpaired) electrons. The SMILES string of the molecule is CCOC(C)(O)N(CC)CC. The minimum absolute atomic E-state index is 0.531. The van der Waals surface area contributed by atoms with E-state index < -0.39 is 5.91 Å². The predicted octanol–water partition coefficient (Wildman–Crippen LogP) is 1.03. The first-order valence-corrected chi connectivity index (χ1v) is 4.19. The van der Waals surface area contributed by atoms with Crippen molar-refractivity contribution in [1.29, 1.82) is 0 Å². The number of aliphatic hydroxyl groups is 1. The molecule has 0 heterocycles. The van der Waals surface area contributed by atoms with Gasteiger partial charge in [0.05, 0.1) is 0 Å². The van der Waals surface area contributed by atoms with Crippen molar-refractivity contribution < 1.29 is 9.84 Å². The minimum Gasteiger partial charge on any atom is -0.353 e. The van der Waals surface area contributed by atoms with Gasteiger partial charge in [-0.2, -0.15) is 0 Å². The van der Waals surface area contributed by atoms with Crippen molar-refractivity contribution in [2.24, 2.45) is 0 Å². The van der Waals surface area contributed by atoms with Gasteiger partial charge in [0, 0.05) is 26.6 Å². The smallest absolute Gasteiger partial charge is 0.224 e. The highest BCUT2D eigenvalue weighted by Crippen LogP contribution is 2.11. The molecule has 0 bridgehead atoms. The second-order valence-corrected chi connectivity index (χ2v) is 2.54. The molecule has 0 aromatic heterocycles. The largest absolute Gasteiger partial charge is 0.353 e. The van der Waals surface area contributed by atoms with Crippen LogP contribution in [-0.2, 0) is 4.74 Å². The van der Waals surface area contributed by atoms with Crippen LogP contribution in [0.2, 0.25) is 0 Å². The Bertz CT molecular complexity index is 100. The van der Waals surface area contributed by atoms with Crippen LogP contribution in [0.4, 0.5) is 0 Å². The van der Waals surface area contributed by atoms with Gasteiger partial charge in [0.2, 0.25) is 5.91 Å². The molecule has 0 aliphatic rings. The molecular formula is C8H19NO2. The molecule has 11 heavy (non-hydrogen) atoms. The molecule has 0 spiro atoms. The molecule has 0 fully saturated rings. The predicted molar refractivity (Wildman–Crippen MR) is 45.2 cm³/mol. The monoisotopic (exact) mass is 161 g/mol. The number of nitrogens with zero attached hydrogens (tertiary/aromatic N) is 1. The molecule has 0 amide bonds. The van der Waals surface area contributed by atoms with Crippen LogP contribution in [0.1, 0.15) is 27.7 Å². The summed E-state index contributed by atoms with van der Waals surface area (Å²) in [5.74, 6) is -1.10. The normalized spacial score (nSPS) is 16.9. The highest BCUT2D eigenvalue weighted by molar-refractivity contribution is 4.61. The molecule has 0 aliphatic carbocycles. The molecule has 0 aromatic rings. The summed E-state index contributed by atoms with van der Waals surface area (Å²) in [6.45, 7) is 9.66. The molecule has 0 saturated carbocycles. The Morgan fingerprint density at radius 1 is 1.27 bits per heavy atom. The van der Waals surface area contributed by atoms with Crippen molar-refractivity contribution in [3.63, 3.8) is 0 Å². The van der Waals surface area contributed by atoms with E-state index in [1.165, 1.54) is 0 Å². The molecular weight excluding hydrogens is 142 g/mol. The van der Waals surface area contributed by atoms with Gasteiger partial charge >= 0.3 is 0 Å². The molecule has 68 valence electrons. The van der Waals surface area contributed by atoms with Crippen LogP contribution in [0.3, 0.4) is 0 Å². The van der Waals surface area contributed by atoms with Gasteiger partial charge < -0.3 is 9.84 Å². The molecule has 3 nitrogen and oxygen atoms in total. The van der Waals surface area contributed by atoms with Crippen molar-refractivity contribution in [2.45, 2.75) is 33.6 Å². The molecule has 1 N–H and O–H groups in total. The van der Waals surface area contributed by atoms with E-state index in [1.807, 2.05) is 25.7 Å². The van der Waals surface area contributed by atoms with Crippen molar-refractivity contribution >= 4 is 0 Å². The first-order valence-electron chi connectivity index (χ1n) is 4.19. The topological polar surface area (TPSA) is 32.7 Å². The van der Waals surface area contributed by atoms with Gasteiger partial charge in [0.15, 0.2) is 0 Å². The maximum Gasteiger partial charge on any atom is 0.224 e. The Labute approximate surface area is 69.0 Å². The van der Waals surface area contributed by atoms with Gasteiger partial charge in [-0.1, -0.05) is 13.8 Å². The third-order valence-electron chi connectivity index (χ3n) is 1.77. The summed E-state index contributed by atoms with van der Waals surface area (Å²) in [6.07, 6.45) is 0. The lowest BCUT2D eigenvalue weighted by Crippen LogP contribution is -2.48. The average molecular weight is 161 g/mol. The Hall–Kier alpha value is -0.120. The van der Waals surface area contributed by atoms with E-state index in [0.717, 1.165) is 13.1 Å². The first-order chi connectivity index (χ1) is 5.08. The van der Waals surface area contributed by atoms with Gasteiger partial charge in [0.25, 0.3) is 0 Å². The second kappa shape index (κ2) is 4.70. The summed E-state index contributed by atoms with van der Waals surface area (Å²) in [5.41, 5.74) is 0. The average Bonchev–Trinajstić information content (AvgIpc) is 1.89. The van der Waals surface area contributed by atoms with Crippen LogP contribution >= 0.6 is 0 Å². The zero-order valence-electron chi connectivity index (χ0n) is 7.92. The third kappa shape index (κ3) is 3.18. The molecule has 0 rings (SSSR count). The lowest BCUT2D eigenvalue weighted by molar-refractivity contribution is -0.277. The lowest BCUT2D eigenvalue weighted by Gasteiger charge is -2.34. The fourth-order valence-corrected chi connectivity index (χ4v) is 1.18.